The van der Waals surface area contributed by atoms with E-state index in [0.717, 1.165) is 36.6 Å². The number of ether oxygens (including phenoxy) is 1. The highest BCUT2D eigenvalue weighted by Gasteiger charge is 2.57. The van der Waals surface area contributed by atoms with E-state index in [1.165, 1.54) is 31.2 Å². The summed E-state index contributed by atoms with van der Waals surface area (Å²) in [6.45, 7) is 3.15. The molecule has 3 nitrogen and oxygen atoms in total. The Morgan fingerprint density at radius 3 is 2.81 bits per heavy atom. The van der Waals surface area contributed by atoms with Gasteiger partial charge >= 0.3 is 0 Å². The molecular formula is C17H22ClNO2. The molecule has 0 spiro atoms. The third-order valence-electron chi connectivity index (χ3n) is 4.97. The summed E-state index contributed by atoms with van der Waals surface area (Å²) in [6, 6.07) is 5.79. The first-order chi connectivity index (χ1) is 10.0. The van der Waals surface area contributed by atoms with E-state index in [2.05, 4.69) is 12.2 Å². The standard InChI is InChI=1S/C9H9ClO.C8H13NO/c10-8-3-4-9-7(6-8)2-1-5-11-9;1-7-2-3-8(4-7,5-7)9-6-10/h3-4,6H,1-2,5H2;6H,2-5H2,1H3,(H,9,10). The van der Waals surface area contributed by atoms with Gasteiger partial charge in [-0.1, -0.05) is 18.5 Å². The fraction of sp³-hybridized carbons (Fsp3) is 0.588. The summed E-state index contributed by atoms with van der Waals surface area (Å²) in [5.41, 5.74) is 2.05. The Bertz CT molecular complexity index is 538. The SMILES string of the molecule is CC12CCC(NC=O)(C1)C2.Clc1ccc2c(c1)CCCO2. The molecule has 0 radical (unpaired) electrons. The summed E-state index contributed by atoms with van der Waals surface area (Å²) in [6.07, 6.45) is 7.96. The zero-order valence-electron chi connectivity index (χ0n) is 12.5. The van der Waals surface area contributed by atoms with Gasteiger partial charge in [0.1, 0.15) is 5.75 Å². The molecule has 0 aromatic heterocycles. The second-order valence-electron chi connectivity index (χ2n) is 6.91. The zero-order chi connectivity index (χ0) is 14.9. The van der Waals surface area contributed by atoms with E-state index in [1.807, 2.05) is 18.2 Å². The van der Waals surface area contributed by atoms with Crippen molar-refractivity contribution in [1.29, 1.82) is 0 Å². The van der Waals surface area contributed by atoms with Crippen molar-refractivity contribution in [3.63, 3.8) is 0 Å². The van der Waals surface area contributed by atoms with E-state index < -0.39 is 0 Å². The topological polar surface area (TPSA) is 38.3 Å². The van der Waals surface area contributed by atoms with Gasteiger partial charge in [-0.3, -0.25) is 4.79 Å². The van der Waals surface area contributed by atoms with Crippen LogP contribution in [0.1, 0.15) is 44.6 Å². The van der Waals surface area contributed by atoms with Crippen molar-refractivity contribution < 1.29 is 9.53 Å². The quantitative estimate of drug-likeness (QED) is 0.846. The Morgan fingerprint density at radius 2 is 2.14 bits per heavy atom. The predicted molar refractivity (Wildman–Crippen MR) is 83.8 cm³/mol. The zero-order valence-corrected chi connectivity index (χ0v) is 13.2. The van der Waals surface area contributed by atoms with E-state index in [4.69, 9.17) is 16.3 Å². The molecule has 1 N–H and O–H groups in total. The van der Waals surface area contributed by atoms with Crippen LogP contribution < -0.4 is 10.1 Å². The Hall–Kier alpha value is -1.22. The molecule has 4 aliphatic rings. The molecule has 3 fully saturated rings. The summed E-state index contributed by atoms with van der Waals surface area (Å²) in [5.74, 6) is 1.00. The fourth-order valence-corrected chi connectivity index (χ4v) is 4.30. The molecule has 2 bridgehead atoms. The first-order valence-corrected chi connectivity index (χ1v) is 8.05. The van der Waals surface area contributed by atoms with Crippen molar-refractivity contribution >= 4 is 18.0 Å². The minimum absolute atomic E-state index is 0.233. The summed E-state index contributed by atoms with van der Waals surface area (Å²) in [4.78, 5) is 10.2. The number of halogens is 1. The van der Waals surface area contributed by atoms with Crippen LogP contribution >= 0.6 is 11.6 Å². The molecule has 1 amide bonds. The number of amides is 1. The molecule has 1 aliphatic heterocycles. The van der Waals surface area contributed by atoms with Crippen LogP contribution in [0.5, 0.6) is 5.75 Å². The van der Waals surface area contributed by atoms with E-state index in [1.54, 1.807) is 0 Å². The van der Waals surface area contributed by atoms with Gasteiger partial charge < -0.3 is 10.1 Å². The number of hydrogen-bond acceptors (Lipinski definition) is 2. The first-order valence-electron chi connectivity index (χ1n) is 7.67. The maximum absolute atomic E-state index is 10.2. The van der Waals surface area contributed by atoms with Crippen LogP contribution in [-0.4, -0.2) is 18.6 Å². The first kappa shape index (κ1) is 14.7. The van der Waals surface area contributed by atoms with E-state index in [0.29, 0.717) is 5.41 Å². The van der Waals surface area contributed by atoms with Gasteiger partial charge in [0, 0.05) is 10.6 Å². The van der Waals surface area contributed by atoms with Crippen LogP contribution in [0.3, 0.4) is 0 Å². The third-order valence-corrected chi connectivity index (χ3v) is 5.21. The number of hydrogen-bond donors (Lipinski definition) is 1. The van der Waals surface area contributed by atoms with Crippen molar-refractivity contribution in [3.8, 4) is 5.75 Å². The number of benzene rings is 1. The van der Waals surface area contributed by atoms with Gasteiger partial charge in [0.25, 0.3) is 0 Å². The van der Waals surface area contributed by atoms with Crippen LogP contribution in [0.4, 0.5) is 0 Å². The Kier molecular flexibility index (Phi) is 3.87. The average Bonchev–Trinajstić information content (AvgIpc) is 2.93. The van der Waals surface area contributed by atoms with Crippen LogP contribution in [-0.2, 0) is 11.2 Å². The van der Waals surface area contributed by atoms with E-state index in [9.17, 15) is 4.79 Å². The minimum atomic E-state index is 0.233. The molecule has 0 saturated heterocycles. The van der Waals surface area contributed by atoms with Gasteiger partial charge in [0.15, 0.2) is 0 Å². The lowest BCUT2D eigenvalue weighted by Gasteiger charge is -2.45. The normalized spacial score (nSPS) is 31.9. The van der Waals surface area contributed by atoms with Gasteiger partial charge in [-0.25, -0.2) is 0 Å². The van der Waals surface area contributed by atoms with Gasteiger partial charge in [0.2, 0.25) is 6.41 Å². The highest BCUT2D eigenvalue weighted by atomic mass is 35.5. The summed E-state index contributed by atoms with van der Waals surface area (Å²) >= 11 is 5.82. The van der Waals surface area contributed by atoms with Crippen molar-refractivity contribution in [1.82, 2.24) is 5.32 Å². The second kappa shape index (κ2) is 5.53. The predicted octanol–water partition coefficient (Wildman–Crippen LogP) is 3.73. The van der Waals surface area contributed by atoms with Gasteiger partial charge in [0.05, 0.1) is 6.61 Å². The molecule has 3 saturated carbocycles. The lowest BCUT2D eigenvalue weighted by Crippen LogP contribution is -2.52. The fourth-order valence-electron chi connectivity index (χ4n) is 4.10. The summed E-state index contributed by atoms with van der Waals surface area (Å²) in [5, 5.41) is 3.73. The number of fused-ring (bicyclic) bond motifs is 2. The number of rotatable bonds is 2. The molecule has 3 aliphatic carbocycles. The molecular weight excluding hydrogens is 286 g/mol. The molecule has 1 heterocycles. The van der Waals surface area contributed by atoms with Crippen LogP contribution in [0.15, 0.2) is 18.2 Å². The number of carbonyl (C=O) groups is 1. The van der Waals surface area contributed by atoms with Crippen LogP contribution in [0.2, 0.25) is 5.02 Å². The number of nitrogens with one attached hydrogen (secondary N) is 1. The maximum atomic E-state index is 10.2. The lowest BCUT2D eigenvalue weighted by atomic mass is 9.66. The van der Waals surface area contributed by atoms with E-state index >= 15 is 0 Å². The van der Waals surface area contributed by atoms with Crippen molar-refractivity contribution in [2.75, 3.05) is 6.61 Å². The van der Waals surface area contributed by atoms with Crippen LogP contribution in [0.25, 0.3) is 0 Å². The van der Waals surface area contributed by atoms with Crippen molar-refractivity contribution in [2.24, 2.45) is 5.41 Å². The smallest absolute Gasteiger partial charge is 0.207 e. The number of carbonyl (C=O) groups excluding carboxylic acids is 1. The molecule has 0 atom stereocenters. The third kappa shape index (κ3) is 3.03. The number of aryl methyl sites for hydroxylation is 1. The van der Waals surface area contributed by atoms with Crippen molar-refractivity contribution in [2.45, 2.75) is 51.0 Å². The molecule has 21 heavy (non-hydrogen) atoms. The molecule has 5 rings (SSSR count). The molecule has 114 valence electrons. The highest BCUT2D eigenvalue weighted by molar-refractivity contribution is 6.30. The molecule has 1 aromatic carbocycles. The van der Waals surface area contributed by atoms with Gasteiger partial charge in [-0.2, -0.15) is 0 Å². The van der Waals surface area contributed by atoms with Crippen LogP contribution in [0, 0.1) is 5.41 Å². The van der Waals surface area contributed by atoms with Gasteiger partial charge in [-0.05, 0) is 67.7 Å². The van der Waals surface area contributed by atoms with Gasteiger partial charge in [-0.15, -0.1) is 0 Å². The second-order valence-corrected chi connectivity index (χ2v) is 7.35. The lowest BCUT2D eigenvalue weighted by molar-refractivity contribution is -0.112. The Morgan fingerprint density at radius 1 is 1.33 bits per heavy atom. The maximum Gasteiger partial charge on any atom is 0.207 e. The monoisotopic (exact) mass is 307 g/mol. The summed E-state index contributed by atoms with van der Waals surface area (Å²) < 4.78 is 5.42. The highest BCUT2D eigenvalue weighted by Crippen LogP contribution is 2.60. The Balaban J connectivity index is 0.000000126. The van der Waals surface area contributed by atoms with Crippen molar-refractivity contribution in [3.05, 3.63) is 28.8 Å². The summed E-state index contributed by atoms with van der Waals surface area (Å²) in [7, 11) is 0. The average molecular weight is 308 g/mol. The molecule has 1 aromatic rings. The Labute approximate surface area is 131 Å². The van der Waals surface area contributed by atoms with E-state index in [-0.39, 0.29) is 5.54 Å². The molecule has 4 heteroatoms. The largest absolute Gasteiger partial charge is 0.493 e. The minimum Gasteiger partial charge on any atom is -0.493 e. The molecule has 0 unspecified atom stereocenters.